The lowest BCUT2D eigenvalue weighted by Gasteiger charge is -2.26. The van der Waals surface area contributed by atoms with Gasteiger partial charge in [-0.2, -0.15) is 0 Å². The SMILES string of the molecule is CC(C)N(CCC(=O)O)C(=O)NCCn1ccnn1. The number of aromatic nitrogens is 3. The fraction of sp³-hybridized carbons (Fsp3) is 0.636. The van der Waals surface area contributed by atoms with Crippen LogP contribution in [0.15, 0.2) is 12.4 Å². The van der Waals surface area contributed by atoms with E-state index in [0.717, 1.165) is 0 Å². The van der Waals surface area contributed by atoms with Crippen LogP contribution >= 0.6 is 0 Å². The molecule has 106 valence electrons. The van der Waals surface area contributed by atoms with Gasteiger partial charge in [-0.05, 0) is 13.8 Å². The van der Waals surface area contributed by atoms with E-state index in [-0.39, 0.29) is 25.0 Å². The summed E-state index contributed by atoms with van der Waals surface area (Å²) in [5.41, 5.74) is 0. The van der Waals surface area contributed by atoms with E-state index in [9.17, 15) is 9.59 Å². The van der Waals surface area contributed by atoms with Crippen LogP contribution in [0.3, 0.4) is 0 Å². The van der Waals surface area contributed by atoms with Crippen LogP contribution in [0.5, 0.6) is 0 Å². The van der Waals surface area contributed by atoms with Crippen molar-refractivity contribution in [3.05, 3.63) is 12.4 Å². The van der Waals surface area contributed by atoms with Gasteiger partial charge in [0.1, 0.15) is 0 Å². The minimum absolute atomic E-state index is 0.0503. The number of carboxylic acid groups (broad SMARTS) is 1. The van der Waals surface area contributed by atoms with Crippen molar-refractivity contribution in [3.63, 3.8) is 0 Å². The first kappa shape index (κ1) is 14.9. The number of hydrogen-bond donors (Lipinski definition) is 2. The molecular formula is C11H19N5O3. The van der Waals surface area contributed by atoms with Crippen molar-refractivity contribution in [1.82, 2.24) is 25.2 Å². The van der Waals surface area contributed by atoms with E-state index in [0.29, 0.717) is 13.1 Å². The number of carbonyl (C=O) groups excluding carboxylic acids is 1. The Morgan fingerprint density at radius 3 is 2.74 bits per heavy atom. The maximum Gasteiger partial charge on any atom is 0.317 e. The Morgan fingerprint density at radius 1 is 1.47 bits per heavy atom. The largest absolute Gasteiger partial charge is 0.481 e. The Bertz CT molecular complexity index is 404. The van der Waals surface area contributed by atoms with Crippen molar-refractivity contribution in [1.29, 1.82) is 0 Å². The summed E-state index contributed by atoms with van der Waals surface area (Å²) in [5, 5.41) is 18.8. The van der Waals surface area contributed by atoms with Crippen molar-refractivity contribution < 1.29 is 14.7 Å². The molecule has 1 heterocycles. The average molecular weight is 269 g/mol. The van der Waals surface area contributed by atoms with Gasteiger partial charge in [-0.15, -0.1) is 5.10 Å². The summed E-state index contributed by atoms with van der Waals surface area (Å²) in [4.78, 5) is 23.9. The van der Waals surface area contributed by atoms with Crippen LogP contribution < -0.4 is 5.32 Å². The lowest BCUT2D eigenvalue weighted by Crippen LogP contribution is -2.45. The molecule has 8 heteroatoms. The number of carbonyl (C=O) groups is 2. The number of carboxylic acids is 1. The monoisotopic (exact) mass is 269 g/mol. The zero-order valence-electron chi connectivity index (χ0n) is 11.1. The maximum atomic E-state index is 11.9. The van der Waals surface area contributed by atoms with E-state index >= 15 is 0 Å². The van der Waals surface area contributed by atoms with Crippen molar-refractivity contribution in [2.45, 2.75) is 32.9 Å². The van der Waals surface area contributed by atoms with Gasteiger partial charge in [-0.25, -0.2) is 4.79 Å². The lowest BCUT2D eigenvalue weighted by molar-refractivity contribution is -0.137. The van der Waals surface area contributed by atoms with Gasteiger partial charge in [0.2, 0.25) is 0 Å². The molecule has 0 fully saturated rings. The second-order valence-electron chi connectivity index (χ2n) is 4.33. The zero-order chi connectivity index (χ0) is 14.3. The second kappa shape index (κ2) is 7.34. The number of nitrogens with one attached hydrogen (secondary N) is 1. The van der Waals surface area contributed by atoms with Crippen LogP contribution in [0.2, 0.25) is 0 Å². The van der Waals surface area contributed by atoms with Crippen LogP contribution in [-0.4, -0.2) is 56.1 Å². The minimum Gasteiger partial charge on any atom is -0.481 e. The minimum atomic E-state index is -0.916. The highest BCUT2D eigenvalue weighted by molar-refractivity contribution is 5.75. The predicted molar refractivity (Wildman–Crippen MR) is 67.5 cm³/mol. The Labute approximate surface area is 111 Å². The van der Waals surface area contributed by atoms with E-state index in [2.05, 4.69) is 15.6 Å². The number of hydrogen-bond acceptors (Lipinski definition) is 4. The predicted octanol–water partition coefficient (Wildman–Crippen LogP) is 0.173. The summed E-state index contributed by atoms with van der Waals surface area (Å²) < 4.78 is 1.61. The van der Waals surface area contributed by atoms with Gasteiger partial charge in [-0.3, -0.25) is 9.48 Å². The second-order valence-corrected chi connectivity index (χ2v) is 4.33. The number of rotatable bonds is 7. The lowest BCUT2D eigenvalue weighted by atomic mass is 10.3. The van der Waals surface area contributed by atoms with Crippen molar-refractivity contribution in [2.24, 2.45) is 0 Å². The number of nitrogens with zero attached hydrogens (tertiary/aromatic N) is 4. The van der Waals surface area contributed by atoms with Gasteiger partial charge in [0.15, 0.2) is 0 Å². The van der Waals surface area contributed by atoms with E-state index in [1.807, 2.05) is 13.8 Å². The number of aliphatic carboxylic acids is 1. The molecule has 19 heavy (non-hydrogen) atoms. The first-order valence-corrected chi connectivity index (χ1v) is 6.11. The van der Waals surface area contributed by atoms with Crippen LogP contribution in [0, 0.1) is 0 Å². The molecule has 0 bridgehead atoms. The summed E-state index contributed by atoms with van der Waals surface area (Å²) >= 11 is 0. The molecule has 0 aliphatic heterocycles. The van der Waals surface area contributed by atoms with Gasteiger partial charge in [0, 0.05) is 25.3 Å². The van der Waals surface area contributed by atoms with Gasteiger partial charge in [-0.1, -0.05) is 5.21 Å². The topological polar surface area (TPSA) is 100 Å². The first-order chi connectivity index (χ1) is 9.00. The van der Waals surface area contributed by atoms with Crippen molar-refractivity contribution in [2.75, 3.05) is 13.1 Å². The van der Waals surface area contributed by atoms with Crippen LogP contribution in [0.4, 0.5) is 4.79 Å². The molecule has 2 amide bonds. The molecule has 1 rings (SSSR count). The summed E-state index contributed by atoms with van der Waals surface area (Å²) in [5.74, 6) is -0.916. The highest BCUT2D eigenvalue weighted by Gasteiger charge is 2.17. The van der Waals surface area contributed by atoms with Gasteiger partial charge >= 0.3 is 12.0 Å². The molecule has 8 nitrogen and oxygen atoms in total. The molecule has 0 saturated carbocycles. The molecule has 1 aromatic rings. The summed E-state index contributed by atoms with van der Waals surface area (Å²) in [6.45, 7) is 4.83. The van der Waals surface area contributed by atoms with Gasteiger partial charge in [0.25, 0.3) is 0 Å². The van der Waals surface area contributed by atoms with Crippen molar-refractivity contribution >= 4 is 12.0 Å². The standard InChI is InChI=1S/C11H19N5O3/c1-9(2)16(6-3-10(17)18)11(19)12-4-7-15-8-5-13-14-15/h5,8-9H,3-4,6-7H2,1-2H3,(H,12,19)(H,17,18). The third-order valence-electron chi connectivity index (χ3n) is 2.54. The molecule has 0 unspecified atom stereocenters. The fourth-order valence-electron chi connectivity index (χ4n) is 1.54. The Hall–Kier alpha value is -2.12. The van der Waals surface area contributed by atoms with E-state index in [1.54, 1.807) is 17.1 Å². The third kappa shape index (κ3) is 5.36. The molecule has 0 aliphatic carbocycles. The average Bonchev–Trinajstić information content (AvgIpc) is 2.81. The molecule has 0 saturated heterocycles. The zero-order valence-corrected chi connectivity index (χ0v) is 11.1. The smallest absolute Gasteiger partial charge is 0.317 e. The molecule has 0 radical (unpaired) electrons. The van der Waals surface area contributed by atoms with Gasteiger partial charge < -0.3 is 15.3 Å². The molecule has 0 atom stereocenters. The normalized spacial score (nSPS) is 10.5. The molecule has 2 N–H and O–H groups in total. The quantitative estimate of drug-likeness (QED) is 0.735. The van der Waals surface area contributed by atoms with Gasteiger partial charge in [0.05, 0.1) is 19.2 Å². The summed E-state index contributed by atoms with van der Waals surface area (Å²) in [6.07, 6.45) is 3.21. The van der Waals surface area contributed by atoms with E-state index in [4.69, 9.17) is 5.11 Å². The number of urea groups is 1. The van der Waals surface area contributed by atoms with Crippen LogP contribution in [0.25, 0.3) is 0 Å². The Kier molecular flexibility index (Phi) is 5.77. The summed E-state index contributed by atoms with van der Waals surface area (Å²) in [7, 11) is 0. The Morgan fingerprint density at radius 2 is 2.21 bits per heavy atom. The summed E-state index contributed by atoms with van der Waals surface area (Å²) in [6, 6.07) is -0.318. The molecule has 1 aromatic heterocycles. The van der Waals surface area contributed by atoms with Crippen LogP contribution in [-0.2, 0) is 11.3 Å². The van der Waals surface area contributed by atoms with E-state index < -0.39 is 5.97 Å². The highest BCUT2D eigenvalue weighted by Crippen LogP contribution is 2.00. The first-order valence-electron chi connectivity index (χ1n) is 6.11. The molecule has 0 aromatic carbocycles. The highest BCUT2D eigenvalue weighted by atomic mass is 16.4. The third-order valence-corrected chi connectivity index (χ3v) is 2.54. The molecular weight excluding hydrogens is 250 g/mol. The molecule has 0 aliphatic rings. The Balaban J connectivity index is 2.36. The van der Waals surface area contributed by atoms with Crippen LogP contribution in [0.1, 0.15) is 20.3 Å². The molecule has 0 spiro atoms. The fourth-order valence-corrected chi connectivity index (χ4v) is 1.54. The van der Waals surface area contributed by atoms with E-state index in [1.165, 1.54) is 4.90 Å². The maximum absolute atomic E-state index is 11.9. The number of amides is 2. The van der Waals surface area contributed by atoms with Crippen molar-refractivity contribution in [3.8, 4) is 0 Å².